The second-order valence-corrected chi connectivity index (χ2v) is 7.97. The van der Waals surface area contributed by atoms with E-state index in [0.717, 1.165) is 17.0 Å². The van der Waals surface area contributed by atoms with Gasteiger partial charge in [-0.2, -0.15) is 18.3 Å². The van der Waals surface area contributed by atoms with Crippen molar-refractivity contribution >= 4 is 29.9 Å². The van der Waals surface area contributed by atoms with Gasteiger partial charge in [0.15, 0.2) is 5.96 Å². The van der Waals surface area contributed by atoms with Gasteiger partial charge in [-0.3, -0.25) is 9.58 Å². The Morgan fingerprint density at radius 3 is 2.59 bits per heavy atom. The van der Waals surface area contributed by atoms with Crippen molar-refractivity contribution < 1.29 is 13.2 Å². The van der Waals surface area contributed by atoms with Gasteiger partial charge in [0.05, 0.1) is 25.3 Å². The highest BCUT2D eigenvalue weighted by Gasteiger charge is 2.34. The van der Waals surface area contributed by atoms with Crippen LogP contribution >= 0.6 is 24.0 Å². The van der Waals surface area contributed by atoms with E-state index in [1.807, 2.05) is 43.7 Å². The summed E-state index contributed by atoms with van der Waals surface area (Å²) in [6, 6.07) is 10.1. The maximum Gasteiger partial charge on any atom is 0.401 e. The molecule has 0 amide bonds. The Morgan fingerprint density at radius 2 is 1.94 bits per heavy atom. The van der Waals surface area contributed by atoms with Crippen molar-refractivity contribution in [3.63, 3.8) is 0 Å². The maximum atomic E-state index is 12.6. The van der Waals surface area contributed by atoms with Crippen LogP contribution < -0.4 is 10.6 Å². The molecule has 0 bridgehead atoms. The molecular weight excluding hydrogens is 532 g/mol. The number of alkyl halides is 3. The average Bonchev–Trinajstić information content (AvgIpc) is 3.23. The number of hydrogen-bond donors (Lipinski definition) is 2. The van der Waals surface area contributed by atoms with Crippen molar-refractivity contribution in [2.45, 2.75) is 52.5 Å². The fourth-order valence-corrected chi connectivity index (χ4v) is 3.89. The van der Waals surface area contributed by atoms with E-state index in [2.05, 4.69) is 32.9 Å². The van der Waals surface area contributed by atoms with Crippen molar-refractivity contribution in [3.8, 4) is 0 Å². The smallest absolute Gasteiger partial charge is 0.357 e. The largest absolute Gasteiger partial charge is 0.401 e. The van der Waals surface area contributed by atoms with E-state index >= 15 is 0 Å². The molecule has 32 heavy (non-hydrogen) atoms. The fraction of sp³-hybridized carbons (Fsp3) is 0.545. The molecule has 1 aromatic carbocycles. The molecule has 0 spiro atoms. The van der Waals surface area contributed by atoms with Gasteiger partial charge in [-0.1, -0.05) is 30.3 Å². The Bertz CT molecular complexity index is 882. The lowest BCUT2D eigenvalue weighted by atomic mass is 10.2. The quantitative estimate of drug-likeness (QED) is 0.305. The first-order chi connectivity index (χ1) is 14.7. The van der Waals surface area contributed by atoms with E-state index in [-0.39, 0.29) is 30.0 Å². The molecule has 0 aliphatic carbocycles. The van der Waals surface area contributed by atoms with E-state index < -0.39 is 12.7 Å². The number of halogens is 4. The number of aromatic nitrogens is 2. The Kier molecular flexibility index (Phi) is 9.81. The maximum absolute atomic E-state index is 12.6. The molecule has 1 saturated heterocycles. The van der Waals surface area contributed by atoms with E-state index in [1.54, 1.807) is 0 Å². The molecule has 1 atom stereocenters. The van der Waals surface area contributed by atoms with Crippen molar-refractivity contribution in [2.75, 3.05) is 26.2 Å². The average molecular weight is 564 g/mol. The van der Waals surface area contributed by atoms with Crippen LogP contribution in [-0.2, 0) is 13.1 Å². The Balaban J connectivity index is 0.00000363. The number of nitrogens with one attached hydrogen (secondary N) is 2. The van der Waals surface area contributed by atoms with Gasteiger partial charge < -0.3 is 10.6 Å². The predicted molar refractivity (Wildman–Crippen MR) is 132 cm³/mol. The van der Waals surface area contributed by atoms with E-state index in [1.165, 1.54) is 10.5 Å². The number of aliphatic imine (C=N–C) groups is 1. The first-order valence-corrected chi connectivity index (χ1v) is 10.7. The van der Waals surface area contributed by atoms with Gasteiger partial charge in [0.1, 0.15) is 0 Å². The number of nitrogens with zero attached hydrogens (tertiary/aromatic N) is 4. The summed E-state index contributed by atoms with van der Waals surface area (Å²) in [5.74, 6) is 0.621. The van der Waals surface area contributed by atoms with Crippen LogP contribution in [0.3, 0.4) is 0 Å². The Labute approximate surface area is 204 Å². The third-order valence-electron chi connectivity index (χ3n) is 5.46. The van der Waals surface area contributed by atoms with E-state index in [4.69, 9.17) is 0 Å². The molecule has 10 heteroatoms. The zero-order valence-electron chi connectivity index (χ0n) is 18.7. The van der Waals surface area contributed by atoms with Crippen LogP contribution in [0.4, 0.5) is 13.2 Å². The number of aryl methyl sites for hydroxylation is 1. The highest BCUT2D eigenvalue weighted by molar-refractivity contribution is 14.0. The highest BCUT2D eigenvalue weighted by atomic mass is 127. The summed E-state index contributed by atoms with van der Waals surface area (Å²) in [6.07, 6.45) is -3.50. The molecule has 3 rings (SSSR count). The normalized spacial score (nSPS) is 17.3. The summed E-state index contributed by atoms with van der Waals surface area (Å²) >= 11 is 0. The first kappa shape index (κ1) is 26.4. The van der Waals surface area contributed by atoms with E-state index in [9.17, 15) is 13.2 Å². The second kappa shape index (κ2) is 11.9. The lowest BCUT2D eigenvalue weighted by Crippen LogP contribution is -2.45. The summed E-state index contributed by atoms with van der Waals surface area (Å²) in [7, 11) is 0. The SMILES string of the molecule is CCNC(=NCc1c(C)nn(Cc2ccccc2)c1C)NC1CCN(CC(F)(F)F)C1.I. The summed E-state index contributed by atoms with van der Waals surface area (Å²) in [4.78, 5) is 6.12. The Hall–Kier alpha value is -1.82. The summed E-state index contributed by atoms with van der Waals surface area (Å²) in [5.41, 5.74) is 4.25. The lowest BCUT2D eigenvalue weighted by molar-refractivity contribution is -0.143. The standard InChI is InChI=1S/C22H31F3N6.HI/c1-4-26-21(28-19-10-11-30(14-19)15-22(23,24)25)27-12-20-16(2)29-31(17(20)3)13-18-8-6-5-7-9-18;/h5-9,19H,4,10-15H2,1-3H3,(H2,26,27,28);1H. The molecule has 1 aromatic heterocycles. The molecule has 0 saturated carbocycles. The number of benzene rings is 1. The van der Waals surface area contributed by atoms with Gasteiger partial charge >= 0.3 is 6.18 Å². The molecule has 0 radical (unpaired) electrons. The minimum atomic E-state index is -4.16. The van der Waals surface area contributed by atoms with Crippen LogP contribution in [0.5, 0.6) is 0 Å². The summed E-state index contributed by atoms with van der Waals surface area (Å²) in [6.45, 7) is 7.75. The van der Waals surface area contributed by atoms with Crippen LogP contribution in [-0.4, -0.2) is 59.0 Å². The number of likely N-dealkylation sites (tertiary alicyclic amines) is 1. The van der Waals surface area contributed by atoms with Crippen molar-refractivity contribution in [3.05, 3.63) is 52.8 Å². The monoisotopic (exact) mass is 564 g/mol. The molecule has 2 aromatic rings. The summed E-state index contributed by atoms with van der Waals surface area (Å²) < 4.78 is 39.9. The third kappa shape index (κ3) is 7.65. The van der Waals surface area contributed by atoms with Crippen molar-refractivity contribution in [2.24, 2.45) is 4.99 Å². The van der Waals surface area contributed by atoms with Crippen LogP contribution in [0, 0.1) is 13.8 Å². The molecule has 178 valence electrons. The topological polar surface area (TPSA) is 57.5 Å². The van der Waals surface area contributed by atoms with Gasteiger partial charge in [-0.15, -0.1) is 24.0 Å². The first-order valence-electron chi connectivity index (χ1n) is 10.7. The predicted octanol–water partition coefficient (Wildman–Crippen LogP) is 3.86. The van der Waals surface area contributed by atoms with Crippen molar-refractivity contribution in [1.29, 1.82) is 0 Å². The van der Waals surface area contributed by atoms with Crippen LogP contribution in [0.1, 0.15) is 35.9 Å². The summed E-state index contributed by atoms with van der Waals surface area (Å²) in [5, 5.41) is 11.2. The molecule has 1 fully saturated rings. The van der Waals surface area contributed by atoms with Gasteiger partial charge in [0.25, 0.3) is 0 Å². The second-order valence-electron chi connectivity index (χ2n) is 7.97. The van der Waals surface area contributed by atoms with Crippen LogP contribution in [0.2, 0.25) is 0 Å². The number of guanidine groups is 1. The zero-order chi connectivity index (χ0) is 22.4. The third-order valence-corrected chi connectivity index (χ3v) is 5.46. The molecule has 6 nitrogen and oxygen atoms in total. The molecular formula is C22H32F3IN6. The van der Waals surface area contributed by atoms with E-state index in [0.29, 0.717) is 45.1 Å². The van der Waals surface area contributed by atoms with Gasteiger partial charge in [0, 0.05) is 36.9 Å². The van der Waals surface area contributed by atoms with Gasteiger partial charge in [0.2, 0.25) is 0 Å². The molecule has 1 aliphatic rings. The van der Waals surface area contributed by atoms with Crippen molar-refractivity contribution in [1.82, 2.24) is 25.3 Å². The lowest BCUT2D eigenvalue weighted by Gasteiger charge is -2.19. The number of hydrogen-bond acceptors (Lipinski definition) is 3. The van der Waals surface area contributed by atoms with Crippen LogP contribution in [0.15, 0.2) is 35.3 Å². The molecule has 1 unspecified atom stereocenters. The minimum Gasteiger partial charge on any atom is -0.357 e. The molecule has 1 aliphatic heterocycles. The minimum absolute atomic E-state index is 0. The highest BCUT2D eigenvalue weighted by Crippen LogP contribution is 2.20. The molecule has 2 N–H and O–H groups in total. The zero-order valence-corrected chi connectivity index (χ0v) is 21.1. The van der Waals surface area contributed by atoms with Gasteiger partial charge in [-0.25, -0.2) is 4.99 Å². The molecule has 2 heterocycles. The van der Waals surface area contributed by atoms with Crippen LogP contribution in [0.25, 0.3) is 0 Å². The number of rotatable bonds is 7. The van der Waals surface area contributed by atoms with Gasteiger partial charge in [-0.05, 0) is 32.8 Å². The Morgan fingerprint density at radius 1 is 1.22 bits per heavy atom. The fourth-order valence-electron chi connectivity index (χ4n) is 3.89.